The van der Waals surface area contributed by atoms with E-state index in [1.165, 1.54) is 29.7 Å². The van der Waals surface area contributed by atoms with Crippen LogP contribution >= 0.6 is 0 Å². The molecule has 1 fully saturated rings. The first kappa shape index (κ1) is 14.9. The van der Waals surface area contributed by atoms with Crippen molar-refractivity contribution in [2.75, 3.05) is 7.05 Å². The molecule has 1 aromatic rings. The van der Waals surface area contributed by atoms with Crippen molar-refractivity contribution >= 4 is 10.0 Å². The summed E-state index contributed by atoms with van der Waals surface area (Å²) in [7, 11) is -2.22. The maximum absolute atomic E-state index is 12.5. The van der Waals surface area contributed by atoms with Crippen molar-refractivity contribution in [3.63, 3.8) is 0 Å². The zero-order chi connectivity index (χ0) is 14.8. The zero-order valence-electron chi connectivity index (χ0n) is 11.2. The van der Waals surface area contributed by atoms with E-state index in [0.717, 1.165) is 12.8 Å². The number of pyridine rings is 1. The quantitative estimate of drug-likeness (QED) is 0.893. The summed E-state index contributed by atoms with van der Waals surface area (Å²) in [6, 6.07) is 4.19. The van der Waals surface area contributed by atoms with Crippen LogP contribution in [0.2, 0.25) is 0 Å². The predicted molar refractivity (Wildman–Crippen MR) is 72.2 cm³/mol. The van der Waals surface area contributed by atoms with Crippen molar-refractivity contribution in [1.82, 2.24) is 9.29 Å². The highest BCUT2D eigenvalue weighted by atomic mass is 32.2. The van der Waals surface area contributed by atoms with Gasteiger partial charge in [0.05, 0.1) is 12.1 Å². The molecule has 1 N–H and O–H groups in total. The molecule has 0 saturated heterocycles. The fourth-order valence-corrected chi connectivity index (χ4v) is 3.82. The number of nitriles is 1. The van der Waals surface area contributed by atoms with Crippen molar-refractivity contribution < 1.29 is 13.5 Å². The SMILES string of the molecule is CN(C1CCCCC1O)S(=O)(=O)c1ccc(C#N)nc1. The standard InChI is InChI=1S/C13H17N3O3S/c1-16(12-4-2-3-5-13(12)17)20(18,19)11-7-6-10(8-14)15-9-11/h6-7,9,12-13,17H,2-5H2,1H3. The van der Waals surface area contributed by atoms with Crippen molar-refractivity contribution in [3.8, 4) is 6.07 Å². The number of aliphatic hydroxyl groups excluding tert-OH is 1. The Morgan fingerprint density at radius 2 is 2.10 bits per heavy atom. The first-order chi connectivity index (χ1) is 9.46. The number of nitrogens with zero attached hydrogens (tertiary/aromatic N) is 3. The van der Waals surface area contributed by atoms with E-state index in [1.807, 2.05) is 6.07 Å². The van der Waals surface area contributed by atoms with Gasteiger partial charge in [-0.1, -0.05) is 12.8 Å². The molecule has 108 valence electrons. The van der Waals surface area contributed by atoms with Gasteiger partial charge in [-0.05, 0) is 25.0 Å². The molecule has 7 heteroatoms. The molecule has 0 aliphatic heterocycles. The molecule has 0 aromatic carbocycles. The Labute approximate surface area is 118 Å². The number of hydrogen-bond donors (Lipinski definition) is 1. The van der Waals surface area contributed by atoms with E-state index in [-0.39, 0.29) is 10.6 Å². The Kier molecular flexibility index (Phi) is 4.38. The van der Waals surface area contributed by atoms with Gasteiger partial charge in [-0.3, -0.25) is 0 Å². The molecule has 1 saturated carbocycles. The summed E-state index contributed by atoms with van der Waals surface area (Å²) in [6.07, 6.45) is 3.66. The Morgan fingerprint density at radius 3 is 2.65 bits per heavy atom. The fourth-order valence-electron chi connectivity index (χ4n) is 2.46. The van der Waals surface area contributed by atoms with E-state index in [0.29, 0.717) is 12.8 Å². The van der Waals surface area contributed by atoms with Gasteiger partial charge >= 0.3 is 0 Å². The van der Waals surface area contributed by atoms with Crippen molar-refractivity contribution in [2.45, 2.75) is 42.7 Å². The van der Waals surface area contributed by atoms with Crippen LogP contribution < -0.4 is 0 Å². The van der Waals surface area contributed by atoms with Gasteiger partial charge in [0.1, 0.15) is 16.7 Å². The summed E-state index contributed by atoms with van der Waals surface area (Å²) in [4.78, 5) is 3.82. The second-order valence-electron chi connectivity index (χ2n) is 4.93. The van der Waals surface area contributed by atoms with E-state index < -0.39 is 22.2 Å². The minimum absolute atomic E-state index is 0.0387. The van der Waals surface area contributed by atoms with Gasteiger partial charge in [0.15, 0.2) is 0 Å². The molecule has 1 aliphatic rings. The average molecular weight is 295 g/mol. The lowest BCUT2D eigenvalue weighted by Gasteiger charge is -2.34. The van der Waals surface area contributed by atoms with Crippen LogP contribution in [0.25, 0.3) is 0 Å². The third-order valence-corrected chi connectivity index (χ3v) is 5.56. The normalized spacial score (nSPS) is 23.5. The lowest BCUT2D eigenvalue weighted by Crippen LogP contribution is -2.46. The molecule has 0 bridgehead atoms. The van der Waals surface area contributed by atoms with Gasteiger partial charge in [-0.2, -0.15) is 9.57 Å². The van der Waals surface area contributed by atoms with Crippen LogP contribution in [0.1, 0.15) is 31.4 Å². The lowest BCUT2D eigenvalue weighted by atomic mass is 9.93. The van der Waals surface area contributed by atoms with E-state index in [9.17, 15) is 13.5 Å². The molecule has 0 spiro atoms. The van der Waals surface area contributed by atoms with Gasteiger partial charge in [0.2, 0.25) is 10.0 Å². The Morgan fingerprint density at radius 1 is 1.40 bits per heavy atom. The topological polar surface area (TPSA) is 94.3 Å². The molecule has 20 heavy (non-hydrogen) atoms. The van der Waals surface area contributed by atoms with Gasteiger partial charge in [-0.15, -0.1) is 0 Å². The van der Waals surface area contributed by atoms with Crippen LogP contribution in [-0.2, 0) is 10.0 Å². The van der Waals surface area contributed by atoms with Crippen LogP contribution in [0.4, 0.5) is 0 Å². The van der Waals surface area contributed by atoms with Crippen LogP contribution in [-0.4, -0.2) is 42.0 Å². The van der Waals surface area contributed by atoms with Crippen molar-refractivity contribution in [3.05, 3.63) is 24.0 Å². The Hall–Kier alpha value is -1.49. The molecule has 1 aromatic heterocycles. The molecule has 0 amide bonds. The number of aromatic nitrogens is 1. The minimum Gasteiger partial charge on any atom is -0.391 e. The third kappa shape index (κ3) is 2.82. The summed E-state index contributed by atoms with van der Waals surface area (Å²) in [6.45, 7) is 0. The highest BCUT2D eigenvalue weighted by Gasteiger charge is 2.34. The van der Waals surface area contributed by atoms with Gasteiger partial charge in [-0.25, -0.2) is 13.4 Å². The third-order valence-electron chi connectivity index (χ3n) is 3.69. The fraction of sp³-hybridized carbons (Fsp3) is 0.538. The highest BCUT2D eigenvalue weighted by molar-refractivity contribution is 7.89. The predicted octanol–water partition coefficient (Wildman–Crippen LogP) is 0.877. The molecule has 1 aliphatic carbocycles. The summed E-state index contributed by atoms with van der Waals surface area (Å²) >= 11 is 0. The minimum atomic E-state index is -3.70. The summed E-state index contributed by atoms with van der Waals surface area (Å²) in [5, 5.41) is 18.6. The Bertz CT molecular complexity index is 607. The molecule has 6 nitrogen and oxygen atoms in total. The second-order valence-corrected chi connectivity index (χ2v) is 6.93. The zero-order valence-corrected chi connectivity index (χ0v) is 12.0. The van der Waals surface area contributed by atoms with E-state index in [1.54, 1.807) is 0 Å². The molecule has 2 unspecified atom stereocenters. The van der Waals surface area contributed by atoms with Crippen LogP contribution in [0.15, 0.2) is 23.2 Å². The number of sulfonamides is 1. The number of likely N-dealkylation sites (N-methyl/N-ethyl adjacent to an activating group) is 1. The highest BCUT2D eigenvalue weighted by Crippen LogP contribution is 2.26. The van der Waals surface area contributed by atoms with E-state index >= 15 is 0 Å². The van der Waals surface area contributed by atoms with Gasteiger partial charge < -0.3 is 5.11 Å². The van der Waals surface area contributed by atoms with E-state index in [4.69, 9.17) is 5.26 Å². The lowest BCUT2D eigenvalue weighted by molar-refractivity contribution is 0.0638. The molecule has 0 radical (unpaired) electrons. The summed E-state index contributed by atoms with van der Waals surface area (Å²) in [5.74, 6) is 0. The first-order valence-corrected chi connectivity index (χ1v) is 7.93. The van der Waals surface area contributed by atoms with Crippen molar-refractivity contribution in [1.29, 1.82) is 5.26 Å². The van der Waals surface area contributed by atoms with Crippen LogP contribution in [0, 0.1) is 11.3 Å². The average Bonchev–Trinajstić information content (AvgIpc) is 2.47. The van der Waals surface area contributed by atoms with Crippen molar-refractivity contribution in [2.24, 2.45) is 0 Å². The van der Waals surface area contributed by atoms with Gasteiger partial charge in [0, 0.05) is 13.2 Å². The molecular formula is C13H17N3O3S. The first-order valence-electron chi connectivity index (χ1n) is 6.49. The molecule has 2 atom stereocenters. The summed E-state index contributed by atoms with van der Waals surface area (Å²) in [5.41, 5.74) is 0.171. The smallest absolute Gasteiger partial charge is 0.244 e. The largest absolute Gasteiger partial charge is 0.391 e. The molecule has 2 rings (SSSR count). The maximum atomic E-state index is 12.5. The van der Waals surface area contributed by atoms with Gasteiger partial charge in [0.25, 0.3) is 0 Å². The molecular weight excluding hydrogens is 278 g/mol. The van der Waals surface area contributed by atoms with E-state index in [2.05, 4.69) is 4.98 Å². The van der Waals surface area contributed by atoms with Crippen LogP contribution in [0.3, 0.4) is 0 Å². The van der Waals surface area contributed by atoms with Crippen LogP contribution in [0.5, 0.6) is 0 Å². The maximum Gasteiger partial charge on any atom is 0.244 e. The second kappa shape index (κ2) is 5.87. The number of aliphatic hydroxyl groups is 1. The Balaban J connectivity index is 2.26. The summed E-state index contributed by atoms with van der Waals surface area (Å²) < 4.78 is 26.2. The molecule has 1 heterocycles. The monoisotopic (exact) mass is 295 g/mol. The number of rotatable bonds is 3. The number of hydrogen-bond acceptors (Lipinski definition) is 5.